The number of nitrogens with zero attached hydrogens (tertiary/aromatic N) is 2. The number of nitrogens with two attached hydrogens (primary N) is 1. The zero-order chi connectivity index (χ0) is 22.5. The molecule has 2 aliphatic rings. The molecule has 0 radical (unpaired) electrons. The van der Waals surface area contributed by atoms with Crippen molar-refractivity contribution in [1.82, 2.24) is 20.5 Å². The van der Waals surface area contributed by atoms with E-state index >= 15 is 0 Å². The van der Waals surface area contributed by atoms with Crippen molar-refractivity contribution in [2.75, 3.05) is 26.2 Å². The van der Waals surface area contributed by atoms with Crippen LogP contribution in [0.5, 0.6) is 0 Å². The Bertz CT molecular complexity index is 944. The number of carbonyl (C=O) groups excluding carboxylic acids is 2. The quantitative estimate of drug-likeness (QED) is 0.594. The van der Waals surface area contributed by atoms with Gasteiger partial charge in [0, 0.05) is 37.6 Å². The molecule has 4 rings (SSSR count). The van der Waals surface area contributed by atoms with Crippen LogP contribution in [0.1, 0.15) is 23.1 Å². The summed E-state index contributed by atoms with van der Waals surface area (Å²) in [4.78, 5) is 28.6. The highest BCUT2D eigenvalue weighted by Gasteiger charge is 2.33. The molecule has 2 atom stereocenters. The minimum Gasteiger partial charge on any atom is -0.343 e. The van der Waals surface area contributed by atoms with E-state index in [0.717, 1.165) is 36.2 Å². The zero-order valence-electron chi connectivity index (χ0n) is 18.1. The average molecular weight is 456 g/mol. The van der Waals surface area contributed by atoms with E-state index in [2.05, 4.69) is 10.6 Å². The van der Waals surface area contributed by atoms with Crippen LogP contribution >= 0.6 is 11.6 Å². The number of hydrazine groups is 1. The van der Waals surface area contributed by atoms with Gasteiger partial charge in [-0.1, -0.05) is 48.0 Å². The molecule has 1 saturated heterocycles. The normalized spacial score (nSPS) is 20.2. The topological polar surface area (TPSA) is 90.7 Å². The van der Waals surface area contributed by atoms with Crippen LogP contribution in [0.2, 0.25) is 5.02 Å². The fourth-order valence-electron chi connectivity index (χ4n) is 4.40. The maximum absolute atomic E-state index is 13.4. The first-order valence-electron chi connectivity index (χ1n) is 11.1. The number of hydrogen-bond donors (Lipinski definition) is 3. The van der Waals surface area contributed by atoms with E-state index in [0.29, 0.717) is 37.5 Å². The third-order valence-corrected chi connectivity index (χ3v) is 6.46. The largest absolute Gasteiger partial charge is 0.343 e. The van der Waals surface area contributed by atoms with Crippen molar-refractivity contribution >= 4 is 23.4 Å². The Morgan fingerprint density at radius 2 is 1.84 bits per heavy atom. The Kier molecular flexibility index (Phi) is 7.42. The molecular weight excluding hydrogens is 426 g/mol. The van der Waals surface area contributed by atoms with Gasteiger partial charge in [0.05, 0.1) is 0 Å². The molecule has 0 saturated carbocycles. The van der Waals surface area contributed by atoms with E-state index in [-0.39, 0.29) is 11.8 Å². The number of fused-ring (bicyclic) bond motifs is 1. The van der Waals surface area contributed by atoms with E-state index in [9.17, 15) is 9.59 Å². The van der Waals surface area contributed by atoms with Gasteiger partial charge in [-0.3, -0.25) is 15.4 Å². The summed E-state index contributed by atoms with van der Waals surface area (Å²) in [7, 11) is 0. The number of nitrogens with one attached hydrogen (secondary N) is 2. The Morgan fingerprint density at radius 3 is 2.62 bits per heavy atom. The smallest absolute Gasteiger partial charge is 0.245 e. The first kappa shape index (κ1) is 22.7. The molecule has 2 aromatic carbocycles. The lowest BCUT2D eigenvalue weighted by Gasteiger charge is -2.34. The SMILES string of the molecule is NN1Cc2ccccc2CC1C(=O)NC(Cc1ccc(Cl)cc1)C(=O)N1CCCNCC1. The van der Waals surface area contributed by atoms with Gasteiger partial charge in [0.15, 0.2) is 0 Å². The molecule has 7 nitrogen and oxygen atoms in total. The number of halogens is 1. The molecule has 0 bridgehead atoms. The van der Waals surface area contributed by atoms with E-state index in [4.69, 9.17) is 17.4 Å². The van der Waals surface area contributed by atoms with Crippen LogP contribution < -0.4 is 16.5 Å². The Morgan fingerprint density at radius 1 is 1.09 bits per heavy atom. The van der Waals surface area contributed by atoms with E-state index < -0.39 is 12.1 Å². The Hall–Kier alpha value is -2.45. The van der Waals surface area contributed by atoms with Crippen LogP contribution in [0, 0.1) is 0 Å². The molecule has 1 fully saturated rings. The van der Waals surface area contributed by atoms with E-state index in [1.807, 2.05) is 41.3 Å². The van der Waals surface area contributed by atoms with Crippen molar-refractivity contribution in [3.63, 3.8) is 0 Å². The first-order chi connectivity index (χ1) is 15.5. The molecule has 4 N–H and O–H groups in total. The standard InChI is InChI=1S/C24H30ClN5O2/c25-20-8-6-17(7-9-20)14-21(24(32)29-12-3-10-27-11-13-29)28-23(31)22-15-18-4-1-2-5-19(18)16-30(22)26/h1-2,4-9,21-22,27H,3,10-16,26H2,(H,28,31). The summed E-state index contributed by atoms with van der Waals surface area (Å²) in [6, 6.07) is 14.2. The molecule has 0 spiro atoms. The van der Waals surface area contributed by atoms with Crippen LogP contribution in [-0.2, 0) is 29.0 Å². The van der Waals surface area contributed by atoms with E-state index in [1.54, 1.807) is 17.1 Å². The molecule has 8 heteroatoms. The Balaban J connectivity index is 1.51. The van der Waals surface area contributed by atoms with Gasteiger partial charge in [-0.05, 0) is 48.2 Å². The molecule has 2 aliphatic heterocycles. The third kappa shape index (κ3) is 5.48. The molecule has 0 aliphatic carbocycles. The lowest BCUT2D eigenvalue weighted by Crippen LogP contribution is -2.58. The number of rotatable bonds is 5. The van der Waals surface area contributed by atoms with Gasteiger partial charge in [-0.15, -0.1) is 0 Å². The number of hydrogen-bond acceptors (Lipinski definition) is 5. The van der Waals surface area contributed by atoms with Crippen molar-refractivity contribution in [3.8, 4) is 0 Å². The second-order valence-electron chi connectivity index (χ2n) is 8.48. The highest BCUT2D eigenvalue weighted by Crippen LogP contribution is 2.21. The minimum atomic E-state index is -0.660. The van der Waals surface area contributed by atoms with Crippen LogP contribution in [0.15, 0.2) is 48.5 Å². The van der Waals surface area contributed by atoms with Crippen molar-refractivity contribution < 1.29 is 9.59 Å². The van der Waals surface area contributed by atoms with Crippen molar-refractivity contribution in [2.24, 2.45) is 5.84 Å². The average Bonchev–Trinajstić information content (AvgIpc) is 3.08. The number of amides is 2. The molecule has 170 valence electrons. The predicted octanol–water partition coefficient (Wildman–Crippen LogP) is 1.49. The zero-order valence-corrected chi connectivity index (χ0v) is 18.9. The van der Waals surface area contributed by atoms with Gasteiger partial charge in [0.2, 0.25) is 11.8 Å². The summed E-state index contributed by atoms with van der Waals surface area (Å²) in [5, 5.41) is 8.54. The Labute approximate surface area is 193 Å². The van der Waals surface area contributed by atoms with Crippen LogP contribution in [0.3, 0.4) is 0 Å². The van der Waals surface area contributed by atoms with Gasteiger partial charge < -0.3 is 15.5 Å². The van der Waals surface area contributed by atoms with Gasteiger partial charge in [0.25, 0.3) is 0 Å². The van der Waals surface area contributed by atoms with Gasteiger partial charge in [-0.25, -0.2) is 5.01 Å². The minimum absolute atomic E-state index is 0.0585. The number of benzene rings is 2. The summed E-state index contributed by atoms with van der Waals surface area (Å²) in [5.74, 6) is 5.95. The van der Waals surface area contributed by atoms with Gasteiger partial charge >= 0.3 is 0 Å². The van der Waals surface area contributed by atoms with Crippen LogP contribution in [-0.4, -0.2) is 60.0 Å². The molecule has 2 aromatic rings. The first-order valence-corrected chi connectivity index (χ1v) is 11.5. The molecule has 2 amide bonds. The third-order valence-electron chi connectivity index (χ3n) is 6.21. The molecule has 2 heterocycles. The van der Waals surface area contributed by atoms with Gasteiger partial charge in [0.1, 0.15) is 12.1 Å². The summed E-state index contributed by atoms with van der Waals surface area (Å²) in [6.45, 7) is 3.46. The summed E-state index contributed by atoms with van der Waals surface area (Å²) in [6.07, 6.45) is 1.82. The van der Waals surface area contributed by atoms with Crippen molar-refractivity contribution in [1.29, 1.82) is 0 Å². The van der Waals surface area contributed by atoms with Crippen molar-refractivity contribution in [3.05, 3.63) is 70.2 Å². The molecule has 2 unspecified atom stereocenters. The fraction of sp³-hybridized carbons (Fsp3) is 0.417. The van der Waals surface area contributed by atoms with Crippen LogP contribution in [0.25, 0.3) is 0 Å². The molecule has 0 aromatic heterocycles. The second-order valence-corrected chi connectivity index (χ2v) is 8.92. The maximum atomic E-state index is 13.4. The summed E-state index contributed by atoms with van der Waals surface area (Å²) in [5.41, 5.74) is 3.19. The maximum Gasteiger partial charge on any atom is 0.245 e. The monoisotopic (exact) mass is 455 g/mol. The highest BCUT2D eigenvalue weighted by atomic mass is 35.5. The number of carbonyl (C=O) groups is 2. The fourth-order valence-corrected chi connectivity index (χ4v) is 4.52. The van der Waals surface area contributed by atoms with Gasteiger partial charge in [-0.2, -0.15) is 0 Å². The van der Waals surface area contributed by atoms with Crippen molar-refractivity contribution in [2.45, 2.75) is 37.9 Å². The second kappa shape index (κ2) is 10.4. The lowest BCUT2D eigenvalue weighted by atomic mass is 9.94. The van der Waals surface area contributed by atoms with Crippen LogP contribution in [0.4, 0.5) is 0 Å². The molecular formula is C24H30ClN5O2. The lowest BCUT2D eigenvalue weighted by molar-refractivity contribution is -0.138. The van der Waals surface area contributed by atoms with E-state index in [1.165, 1.54) is 0 Å². The highest BCUT2D eigenvalue weighted by molar-refractivity contribution is 6.30. The molecule has 32 heavy (non-hydrogen) atoms. The predicted molar refractivity (Wildman–Crippen MR) is 125 cm³/mol. The summed E-state index contributed by atoms with van der Waals surface area (Å²) < 4.78 is 0. The summed E-state index contributed by atoms with van der Waals surface area (Å²) >= 11 is 6.02.